The second-order valence-electron chi connectivity index (χ2n) is 2.78. The van der Waals surface area contributed by atoms with E-state index >= 15 is 0 Å². The Hall–Kier alpha value is -1.03. The number of hydrogen-bond donors (Lipinski definition) is 2. The van der Waals surface area contributed by atoms with E-state index < -0.39 is 0 Å². The van der Waals surface area contributed by atoms with Gasteiger partial charge in [-0.2, -0.15) is 0 Å². The molecular formula is C9H10BrNO2. The van der Waals surface area contributed by atoms with Gasteiger partial charge in [-0.25, -0.2) is 0 Å². The van der Waals surface area contributed by atoms with E-state index in [9.17, 15) is 4.79 Å². The first kappa shape index (κ1) is 10.1. The van der Waals surface area contributed by atoms with E-state index in [0.717, 1.165) is 0 Å². The number of halogens is 1. The van der Waals surface area contributed by atoms with Crippen LogP contribution in [-0.4, -0.2) is 16.2 Å². The number of phenols is 1. The first-order valence-corrected chi connectivity index (χ1v) is 4.86. The summed E-state index contributed by atoms with van der Waals surface area (Å²) in [6, 6.07) is 2.90. The SMILES string of the molecule is Cc1cc(O)cc(N)c1C(=O)CBr. The van der Waals surface area contributed by atoms with Crippen molar-refractivity contribution in [2.24, 2.45) is 0 Å². The molecular weight excluding hydrogens is 234 g/mol. The normalized spacial score (nSPS) is 10.0. The average molecular weight is 244 g/mol. The highest BCUT2D eigenvalue weighted by atomic mass is 79.9. The van der Waals surface area contributed by atoms with Gasteiger partial charge >= 0.3 is 0 Å². The second kappa shape index (κ2) is 3.79. The molecule has 0 bridgehead atoms. The molecule has 70 valence electrons. The van der Waals surface area contributed by atoms with Crippen molar-refractivity contribution in [3.63, 3.8) is 0 Å². The van der Waals surface area contributed by atoms with E-state index in [4.69, 9.17) is 10.8 Å². The first-order chi connectivity index (χ1) is 6.06. The van der Waals surface area contributed by atoms with Gasteiger partial charge in [0.05, 0.1) is 5.33 Å². The van der Waals surface area contributed by atoms with Gasteiger partial charge in [-0.1, -0.05) is 15.9 Å². The zero-order chi connectivity index (χ0) is 10.0. The van der Waals surface area contributed by atoms with Crippen LogP contribution in [-0.2, 0) is 0 Å². The lowest BCUT2D eigenvalue weighted by Crippen LogP contribution is -2.06. The molecule has 0 atom stereocenters. The minimum absolute atomic E-state index is 0.0741. The summed E-state index contributed by atoms with van der Waals surface area (Å²) in [4.78, 5) is 11.4. The molecule has 1 aromatic rings. The van der Waals surface area contributed by atoms with E-state index in [2.05, 4.69) is 15.9 Å². The molecule has 1 aromatic carbocycles. The zero-order valence-corrected chi connectivity index (χ0v) is 8.76. The number of phenolic OH excluding ortho intramolecular Hbond substituents is 1. The maximum atomic E-state index is 11.4. The van der Waals surface area contributed by atoms with Crippen LogP contribution < -0.4 is 5.73 Å². The molecule has 13 heavy (non-hydrogen) atoms. The summed E-state index contributed by atoms with van der Waals surface area (Å²) < 4.78 is 0. The summed E-state index contributed by atoms with van der Waals surface area (Å²) in [5.74, 6) is 0.0103. The highest BCUT2D eigenvalue weighted by molar-refractivity contribution is 9.09. The molecule has 0 aromatic heterocycles. The Balaban J connectivity index is 3.28. The Morgan fingerprint density at radius 3 is 2.69 bits per heavy atom. The average Bonchev–Trinajstić information content (AvgIpc) is 2.02. The number of nitrogen functional groups attached to an aromatic ring is 1. The van der Waals surface area contributed by atoms with Crippen LogP contribution in [0.15, 0.2) is 12.1 Å². The van der Waals surface area contributed by atoms with Crippen LogP contribution >= 0.6 is 15.9 Å². The molecule has 0 fully saturated rings. The molecule has 0 aliphatic rings. The summed E-state index contributed by atoms with van der Waals surface area (Å²) in [5, 5.41) is 9.41. The van der Waals surface area contributed by atoms with Crippen LogP contribution in [0.2, 0.25) is 0 Å². The smallest absolute Gasteiger partial charge is 0.175 e. The van der Waals surface area contributed by atoms with Gasteiger partial charge in [0.1, 0.15) is 5.75 Å². The Labute approximate surface area is 84.7 Å². The molecule has 1 rings (SSSR count). The maximum absolute atomic E-state index is 11.4. The number of nitrogens with two attached hydrogens (primary N) is 1. The third-order valence-corrected chi connectivity index (χ3v) is 2.26. The highest BCUT2D eigenvalue weighted by Gasteiger charge is 2.12. The molecule has 0 unspecified atom stereocenters. The maximum Gasteiger partial charge on any atom is 0.175 e. The third-order valence-electron chi connectivity index (χ3n) is 1.75. The van der Waals surface area contributed by atoms with E-state index in [1.54, 1.807) is 6.92 Å². The van der Waals surface area contributed by atoms with Crippen LogP contribution in [0, 0.1) is 6.92 Å². The van der Waals surface area contributed by atoms with Crippen molar-refractivity contribution < 1.29 is 9.90 Å². The van der Waals surface area contributed by atoms with Gasteiger partial charge < -0.3 is 10.8 Å². The van der Waals surface area contributed by atoms with Crippen LogP contribution in [0.5, 0.6) is 5.75 Å². The molecule has 0 aliphatic heterocycles. The van der Waals surface area contributed by atoms with E-state index in [1.807, 2.05) is 0 Å². The lowest BCUT2D eigenvalue weighted by Gasteiger charge is -2.07. The lowest BCUT2D eigenvalue weighted by molar-refractivity contribution is 0.102. The summed E-state index contributed by atoms with van der Waals surface area (Å²) in [6.07, 6.45) is 0. The van der Waals surface area contributed by atoms with Crippen molar-refractivity contribution in [3.05, 3.63) is 23.3 Å². The number of carbonyl (C=O) groups excluding carboxylic acids is 1. The van der Waals surface area contributed by atoms with Gasteiger partial charge in [0.2, 0.25) is 0 Å². The van der Waals surface area contributed by atoms with Gasteiger partial charge in [-0.15, -0.1) is 0 Å². The van der Waals surface area contributed by atoms with Crippen LogP contribution in [0.4, 0.5) is 5.69 Å². The van der Waals surface area contributed by atoms with Crippen molar-refractivity contribution in [1.29, 1.82) is 0 Å². The minimum atomic E-state index is -0.0741. The number of benzene rings is 1. The molecule has 4 heteroatoms. The molecule has 0 radical (unpaired) electrons. The lowest BCUT2D eigenvalue weighted by atomic mass is 10.0. The van der Waals surface area contributed by atoms with Crippen molar-refractivity contribution >= 4 is 27.4 Å². The van der Waals surface area contributed by atoms with Crippen molar-refractivity contribution in [3.8, 4) is 5.75 Å². The fraction of sp³-hybridized carbons (Fsp3) is 0.222. The van der Waals surface area contributed by atoms with Gasteiger partial charge in [0.15, 0.2) is 5.78 Å². The minimum Gasteiger partial charge on any atom is -0.508 e. The number of ketones is 1. The molecule has 0 saturated carbocycles. The number of aryl methyl sites for hydroxylation is 1. The van der Waals surface area contributed by atoms with Crippen LogP contribution in [0.1, 0.15) is 15.9 Å². The molecule has 0 spiro atoms. The fourth-order valence-electron chi connectivity index (χ4n) is 1.24. The third kappa shape index (κ3) is 2.01. The second-order valence-corrected chi connectivity index (χ2v) is 3.34. The molecule has 0 aliphatic carbocycles. The number of aromatic hydroxyl groups is 1. The van der Waals surface area contributed by atoms with Gasteiger partial charge in [0, 0.05) is 17.3 Å². The number of rotatable bonds is 2. The number of Topliss-reactive ketones (excluding diaryl/α,β-unsaturated/α-hetero) is 1. The number of hydrogen-bond acceptors (Lipinski definition) is 3. The van der Waals surface area contributed by atoms with Gasteiger partial charge in [-0.05, 0) is 18.6 Å². The van der Waals surface area contributed by atoms with Crippen LogP contribution in [0.3, 0.4) is 0 Å². The Morgan fingerprint density at radius 1 is 1.62 bits per heavy atom. The molecule has 0 amide bonds. The zero-order valence-electron chi connectivity index (χ0n) is 7.17. The number of carbonyl (C=O) groups is 1. The standard InChI is InChI=1S/C9H10BrNO2/c1-5-2-6(12)3-7(11)9(5)8(13)4-10/h2-3,12H,4,11H2,1H3. The van der Waals surface area contributed by atoms with Crippen molar-refractivity contribution in [1.82, 2.24) is 0 Å². The monoisotopic (exact) mass is 243 g/mol. The molecule has 3 nitrogen and oxygen atoms in total. The van der Waals surface area contributed by atoms with Gasteiger partial charge in [-0.3, -0.25) is 4.79 Å². The summed E-state index contributed by atoms with van der Waals surface area (Å²) in [7, 11) is 0. The number of anilines is 1. The highest BCUT2D eigenvalue weighted by Crippen LogP contribution is 2.23. The van der Waals surface area contributed by atoms with Crippen LogP contribution in [0.25, 0.3) is 0 Å². The predicted octanol–water partition coefficient (Wildman–Crippen LogP) is 1.86. The fourth-order valence-corrected chi connectivity index (χ4v) is 1.52. The topological polar surface area (TPSA) is 63.3 Å². The Kier molecular flexibility index (Phi) is 2.93. The van der Waals surface area contributed by atoms with Crippen molar-refractivity contribution in [2.75, 3.05) is 11.1 Å². The predicted molar refractivity (Wildman–Crippen MR) is 55.4 cm³/mol. The Bertz CT molecular complexity index is 326. The van der Waals surface area contributed by atoms with Gasteiger partial charge in [0.25, 0.3) is 0 Å². The van der Waals surface area contributed by atoms with E-state index in [-0.39, 0.29) is 16.9 Å². The molecule has 0 heterocycles. The largest absolute Gasteiger partial charge is 0.508 e. The summed E-state index contributed by atoms with van der Waals surface area (Å²) >= 11 is 3.07. The first-order valence-electron chi connectivity index (χ1n) is 3.74. The van der Waals surface area contributed by atoms with Crippen molar-refractivity contribution in [2.45, 2.75) is 6.92 Å². The summed E-state index contributed by atoms with van der Waals surface area (Å²) in [6.45, 7) is 1.74. The Morgan fingerprint density at radius 2 is 2.23 bits per heavy atom. The molecule has 3 N–H and O–H groups in total. The van der Waals surface area contributed by atoms with E-state index in [1.165, 1.54) is 12.1 Å². The van der Waals surface area contributed by atoms with E-state index in [0.29, 0.717) is 16.8 Å². The number of alkyl halides is 1. The quantitative estimate of drug-likeness (QED) is 0.474. The summed E-state index contributed by atoms with van der Waals surface area (Å²) in [5.41, 5.74) is 7.10. The molecule has 0 saturated heterocycles.